The Morgan fingerprint density at radius 2 is 2.00 bits per heavy atom. The minimum atomic E-state index is -1.10. The number of ether oxygens (including phenoxy) is 3. The van der Waals surface area contributed by atoms with Gasteiger partial charge in [-0.1, -0.05) is 12.1 Å². The zero-order valence-corrected chi connectivity index (χ0v) is 18.6. The Kier molecular flexibility index (Phi) is 5.20. The highest BCUT2D eigenvalue weighted by atomic mass is 16.5. The largest absolute Gasteiger partial charge is 0.508 e. The second-order valence-electron chi connectivity index (χ2n) is 9.40. The number of carbonyl (C=O) groups is 2. The maximum atomic E-state index is 13.5. The van der Waals surface area contributed by atoms with Gasteiger partial charge in [-0.2, -0.15) is 0 Å². The summed E-state index contributed by atoms with van der Waals surface area (Å²) < 4.78 is 18.2. The van der Waals surface area contributed by atoms with Gasteiger partial charge >= 0.3 is 5.97 Å². The van der Waals surface area contributed by atoms with Gasteiger partial charge in [-0.15, -0.1) is 0 Å². The van der Waals surface area contributed by atoms with Crippen LogP contribution in [0.3, 0.4) is 0 Å². The summed E-state index contributed by atoms with van der Waals surface area (Å²) in [5.74, 6) is -0.168. The Balaban J connectivity index is 1.42. The second-order valence-corrected chi connectivity index (χ2v) is 9.40. The Bertz CT molecular complexity index is 1100. The first-order chi connectivity index (χ1) is 15.7. The third-order valence-corrected chi connectivity index (χ3v) is 6.96. The van der Waals surface area contributed by atoms with Gasteiger partial charge in [-0.25, -0.2) is 4.79 Å². The molecule has 4 atom stereocenters. The topological polar surface area (TPSA) is 106 Å². The van der Waals surface area contributed by atoms with Crippen LogP contribution >= 0.6 is 0 Å². The van der Waals surface area contributed by atoms with Crippen molar-refractivity contribution in [3.8, 4) is 17.2 Å². The zero-order valence-electron chi connectivity index (χ0n) is 18.6. The van der Waals surface area contributed by atoms with Crippen molar-refractivity contribution in [1.82, 2.24) is 4.90 Å². The van der Waals surface area contributed by atoms with E-state index in [1.54, 1.807) is 42.5 Å². The van der Waals surface area contributed by atoms with Gasteiger partial charge in [0.15, 0.2) is 6.61 Å². The molecule has 8 heteroatoms. The van der Waals surface area contributed by atoms with Crippen LogP contribution in [0.4, 0.5) is 0 Å². The number of likely N-dealkylation sites (tertiary alicyclic amines) is 1. The van der Waals surface area contributed by atoms with E-state index in [4.69, 9.17) is 19.3 Å². The number of hydrogen-bond donors (Lipinski definition) is 2. The van der Waals surface area contributed by atoms with Crippen LogP contribution in [-0.4, -0.2) is 57.9 Å². The Labute approximate surface area is 191 Å². The molecule has 1 amide bonds. The second kappa shape index (κ2) is 7.95. The standard InChI is InChI=1S/C25H27NO7/c1-25(2)17-12-18-21(32-23(17)16-11-14(27)7-8-20(16)33-25)9-10-26(18)24(30)15-5-3-4-6-19(15)31-13-22(28)29/h3-8,11,17-18,21,23,27H,9-10,12-13H2,1-2H3,(H,28,29)/t17-,18+,21-,23+/m0/s1. The van der Waals surface area contributed by atoms with Gasteiger partial charge in [0.25, 0.3) is 5.91 Å². The Hall–Kier alpha value is -3.26. The number of aromatic hydroxyl groups is 1. The van der Waals surface area contributed by atoms with Gasteiger partial charge < -0.3 is 29.3 Å². The molecule has 2 saturated heterocycles. The van der Waals surface area contributed by atoms with Crippen LogP contribution < -0.4 is 9.47 Å². The highest BCUT2D eigenvalue weighted by Gasteiger charge is 2.54. The lowest BCUT2D eigenvalue weighted by atomic mass is 9.74. The molecule has 33 heavy (non-hydrogen) atoms. The van der Waals surface area contributed by atoms with E-state index in [0.717, 1.165) is 5.56 Å². The van der Waals surface area contributed by atoms with Gasteiger partial charge in [0, 0.05) is 18.0 Å². The summed E-state index contributed by atoms with van der Waals surface area (Å²) in [6.07, 6.45) is 1.04. The molecule has 2 aromatic rings. The maximum absolute atomic E-state index is 13.5. The fraction of sp³-hybridized carbons (Fsp3) is 0.440. The van der Waals surface area contributed by atoms with Crippen molar-refractivity contribution < 1.29 is 34.0 Å². The molecule has 0 bridgehead atoms. The number of carboxylic acid groups (broad SMARTS) is 1. The van der Waals surface area contributed by atoms with Crippen LogP contribution in [0.5, 0.6) is 17.2 Å². The average Bonchev–Trinajstić information content (AvgIpc) is 3.20. The molecule has 2 aromatic carbocycles. The average molecular weight is 453 g/mol. The predicted molar refractivity (Wildman–Crippen MR) is 118 cm³/mol. The van der Waals surface area contributed by atoms with E-state index in [0.29, 0.717) is 30.7 Å². The number of carbonyl (C=O) groups excluding carboxylic acids is 1. The van der Waals surface area contributed by atoms with Crippen LogP contribution in [0.1, 0.15) is 48.7 Å². The predicted octanol–water partition coefficient (Wildman–Crippen LogP) is 3.39. The van der Waals surface area contributed by atoms with Crippen molar-refractivity contribution in [2.45, 2.75) is 50.5 Å². The van der Waals surface area contributed by atoms with Gasteiger partial charge in [-0.05, 0) is 57.0 Å². The number of rotatable bonds is 4. The van der Waals surface area contributed by atoms with E-state index in [1.165, 1.54) is 0 Å². The van der Waals surface area contributed by atoms with Crippen LogP contribution in [0.25, 0.3) is 0 Å². The lowest BCUT2D eigenvalue weighted by molar-refractivity contribution is -0.159. The van der Waals surface area contributed by atoms with Crippen LogP contribution in [0, 0.1) is 5.92 Å². The third kappa shape index (κ3) is 3.78. The lowest BCUT2D eigenvalue weighted by Gasteiger charge is -2.50. The summed E-state index contributed by atoms with van der Waals surface area (Å²) in [6, 6.07) is 11.7. The molecule has 3 heterocycles. The Morgan fingerprint density at radius 1 is 1.21 bits per heavy atom. The zero-order chi connectivity index (χ0) is 23.3. The molecular weight excluding hydrogens is 426 g/mol. The monoisotopic (exact) mass is 453 g/mol. The number of phenolic OH excluding ortho intramolecular Hbond substituents is 1. The van der Waals surface area contributed by atoms with Crippen molar-refractivity contribution in [3.63, 3.8) is 0 Å². The molecule has 0 unspecified atom stereocenters. The number of benzene rings is 2. The van der Waals surface area contributed by atoms with E-state index in [-0.39, 0.29) is 41.6 Å². The highest BCUT2D eigenvalue weighted by molar-refractivity contribution is 5.97. The molecule has 0 aromatic heterocycles. The number of fused-ring (bicyclic) bond motifs is 4. The number of amides is 1. The maximum Gasteiger partial charge on any atom is 0.341 e. The Morgan fingerprint density at radius 3 is 2.79 bits per heavy atom. The number of carboxylic acids is 1. The van der Waals surface area contributed by atoms with E-state index >= 15 is 0 Å². The van der Waals surface area contributed by atoms with Crippen molar-refractivity contribution in [2.75, 3.05) is 13.2 Å². The summed E-state index contributed by atoms with van der Waals surface area (Å²) in [5.41, 5.74) is 0.672. The molecule has 5 rings (SSSR count). The normalized spacial score (nSPS) is 27.0. The summed E-state index contributed by atoms with van der Waals surface area (Å²) in [5, 5.41) is 19.0. The van der Waals surface area contributed by atoms with Gasteiger partial charge in [0.2, 0.25) is 0 Å². The fourth-order valence-corrected chi connectivity index (χ4v) is 5.39. The number of hydrogen-bond acceptors (Lipinski definition) is 6. The molecule has 0 saturated carbocycles. The van der Waals surface area contributed by atoms with Crippen molar-refractivity contribution in [1.29, 1.82) is 0 Å². The van der Waals surface area contributed by atoms with Gasteiger partial charge in [-0.3, -0.25) is 4.79 Å². The molecule has 0 aliphatic carbocycles. The van der Waals surface area contributed by atoms with Crippen LogP contribution in [-0.2, 0) is 9.53 Å². The van der Waals surface area contributed by atoms with Crippen molar-refractivity contribution >= 4 is 11.9 Å². The summed E-state index contributed by atoms with van der Waals surface area (Å²) in [7, 11) is 0. The summed E-state index contributed by atoms with van der Waals surface area (Å²) in [4.78, 5) is 26.3. The molecule has 3 aliphatic heterocycles. The first-order valence-electron chi connectivity index (χ1n) is 11.2. The van der Waals surface area contributed by atoms with Crippen LogP contribution in [0.15, 0.2) is 42.5 Å². The number of aliphatic carboxylic acids is 1. The minimum Gasteiger partial charge on any atom is -0.508 e. The summed E-state index contributed by atoms with van der Waals surface area (Å²) in [6.45, 7) is 4.08. The van der Waals surface area contributed by atoms with E-state index in [9.17, 15) is 14.7 Å². The lowest BCUT2D eigenvalue weighted by Crippen LogP contribution is -2.54. The minimum absolute atomic E-state index is 0.0139. The van der Waals surface area contributed by atoms with E-state index < -0.39 is 18.2 Å². The first-order valence-corrected chi connectivity index (χ1v) is 11.2. The van der Waals surface area contributed by atoms with Crippen molar-refractivity contribution in [3.05, 3.63) is 53.6 Å². The molecule has 0 radical (unpaired) electrons. The summed E-state index contributed by atoms with van der Waals surface area (Å²) >= 11 is 0. The molecule has 2 fully saturated rings. The molecule has 8 nitrogen and oxygen atoms in total. The molecule has 174 valence electrons. The highest BCUT2D eigenvalue weighted by Crippen LogP contribution is 2.53. The smallest absolute Gasteiger partial charge is 0.341 e. The molecular formula is C25H27NO7. The van der Waals surface area contributed by atoms with Crippen molar-refractivity contribution in [2.24, 2.45) is 5.92 Å². The van der Waals surface area contributed by atoms with Crippen LogP contribution in [0.2, 0.25) is 0 Å². The first kappa shape index (κ1) is 21.6. The molecule has 0 spiro atoms. The van der Waals surface area contributed by atoms with Gasteiger partial charge in [0.1, 0.15) is 22.8 Å². The number of phenols is 1. The number of para-hydroxylation sites is 1. The third-order valence-electron chi connectivity index (χ3n) is 6.96. The van der Waals surface area contributed by atoms with Gasteiger partial charge in [0.05, 0.1) is 23.8 Å². The fourth-order valence-electron chi connectivity index (χ4n) is 5.39. The quantitative estimate of drug-likeness (QED) is 0.731. The number of nitrogens with zero attached hydrogens (tertiary/aromatic N) is 1. The van der Waals surface area contributed by atoms with E-state index in [2.05, 4.69) is 0 Å². The van der Waals surface area contributed by atoms with E-state index in [1.807, 2.05) is 18.7 Å². The molecule has 3 aliphatic rings. The molecule has 2 N–H and O–H groups in total. The SMILES string of the molecule is CC1(C)Oc2ccc(O)cc2[C@H]2O[C@H]3CCN(C(=O)c4ccccc4OCC(=O)O)[C@@H]3C[C@@H]21.